The third-order valence-corrected chi connectivity index (χ3v) is 2.03. The number of aliphatic hydroxyl groups is 2. The molecule has 3 nitrogen and oxygen atoms in total. The molecule has 11 heavy (non-hydrogen) atoms. The summed E-state index contributed by atoms with van der Waals surface area (Å²) in [6.07, 6.45) is 0. The van der Waals surface area contributed by atoms with E-state index in [-0.39, 0.29) is 13.2 Å². The van der Waals surface area contributed by atoms with Crippen LogP contribution in [-0.2, 0) is 4.74 Å². The molecule has 0 rings (SSSR count). The molecule has 3 heteroatoms. The van der Waals surface area contributed by atoms with Crippen molar-refractivity contribution in [2.45, 2.75) is 38.9 Å². The van der Waals surface area contributed by atoms with Gasteiger partial charge in [0.1, 0.15) is 0 Å². The zero-order chi connectivity index (χ0) is 9.12. The van der Waals surface area contributed by atoms with E-state index < -0.39 is 11.2 Å². The molecule has 0 unspecified atom stereocenters. The molecule has 0 aromatic rings. The number of ether oxygens (including phenoxy) is 1. The van der Waals surface area contributed by atoms with Gasteiger partial charge in [0.25, 0.3) is 0 Å². The average molecular weight is 162 g/mol. The van der Waals surface area contributed by atoms with Gasteiger partial charge in [0.2, 0.25) is 0 Å². The van der Waals surface area contributed by atoms with Crippen molar-refractivity contribution in [1.29, 1.82) is 0 Å². The minimum absolute atomic E-state index is 0.0144. The normalized spacial score (nSPS) is 13.6. The Bertz CT molecular complexity index is 113. The molecule has 0 aliphatic carbocycles. The van der Waals surface area contributed by atoms with Gasteiger partial charge in [0.05, 0.1) is 24.4 Å². The van der Waals surface area contributed by atoms with Crippen molar-refractivity contribution in [2.75, 3.05) is 13.2 Å². The number of aliphatic hydroxyl groups excluding tert-OH is 1. The summed E-state index contributed by atoms with van der Waals surface area (Å²) in [6.45, 7) is 7.20. The smallest absolute Gasteiger partial charge is 0.0907 e. The second kappa shape index (κ2) is 3.52. The maximum atomic E-state index is 9.57. The summed E-state index contributed by atoms with van der Waals surface area (Å²) in [7, 11) is 0. The van der Waals surface area contributed by atoms with Crippen molar-refractivity contribution in [3.05, 3.63) is 0 Å². The maximum absolute atomic E-state index is 9.57. The SMILES string of the molecule is CC(C)(O)C(C)(C)OCCO. The Morgan fingerprint density at radius 3 is 1.91 bits per heavy atom. The fourth-order valence-corrected chi connectivity index (χ4v) is 0.477. The van der Waals surface area contributed by atoms with Gasteiger partial charge in [-0.2, -0.15) is 0 Å². The molecular formula is C8H18O3. The van der Waals surface area contributed by atoms with Gasteiger partial charge in [0.15, 0.2) is 0 Å². The Morgan fingerprint density at radius 2 is 1.64 bits per heavy atom. The van der Waals surface area contributed by atoms with Gasteiger partial charge in [-0.25, -0.2) is 0 Å². The van der Waals surface area contributed by atoms with Crippen LogP contribution < -0.4 is 0 Å². The Labute approximate surface area is 68.0 Å². The van der Waals surface area contributed by atoms with E-state index >= 15 is 0 Å². The van der Waals surface area contributed by atoms with E-state index in [1.807, 2.05) is 0 Å². The summed E-state index contributed by atoms with van der Waals surface area (Å²) in [5.74, 6) is 0. The molecular weight excluding hydrogens is 144 g/mol. The van der Waals surface area contributed by atoms with Gasteiger partial charge in [-0.1, -0.05) is 0 Å². The molecule has 0 spiro atoms. The van der Waals surface area contributed by atoms with Crippen molar-refractivity contribution >= 4 is 0 Å². The van der Waals surface area contributed by atoms with E-state index in [0.29, 0.717) is 0 Å². The summed E-state index contributed by atoms with van der Waals surface area (Å²) in [5, 5.41) is 18.1. The largest absolute Gasteiger partial charge is 0.394 e. The minimum Gasteiger partial charge on any atom is -0.394 e. The van der Waals surface area contributed by atoms with Crippen LogP contribution in [0.25, 0.3) is 0 Å². The molecule has 0 saturated heterocycles. The van der Waals surface area contributed by atoms with Gasteiger partial charge >= 0.3 is 0 Å². The molecule has 0 bridgehead atoms. The fraction of sp³-hybridized carbons (Fsp3) is 1.00. The molecule has 0 amide bonds. The predicted molar refractivity (Wildman–Crippen MR) is 43.4 cm³/mol. The first kappa shape index (κ1) is 10.9. The van der Waals surface area contributed by atoms with E-state index in [0.717, 1.165) is 0 Å². The summed E-state index contributed by atoms with van der Waals surface area (Å²) in [4.78, 5) is 0. The molecule has 2 N–H and O–H groups in total. The first-order valence-corrected chi connectivity index (χ1v) is 3.78. The Kier molecular flexibility index (Phi) is 3.48. The average Bonchev–Trinajstić information content (AvgIpc) is 1.81. The lowest BCUT2D eigenvalue weighted by atomic mass is 9.89. The summed E-state index contributed by atoms with van der Waals surface area (Å²) in [6, 6.07) is 0. The summed E-state index contributed by atoms with van der Waals surface area (Å²) >= 11 is 0. The monoisotopic (exact) mass is 162 g/mol. The number of rotatable bonds is 4. The molecule has 0 aromatic carbocycles. The van der Waals surface area contributed by atoms with E-state index in [1.54, 1.807) is 27.7 Å². The van der Waals surface area contributed by atoms with Gasteiger partial charge < -0.3 is 14.9 Å². The van der Waals surface area contributed by atoms with Gasteiger partial charge in [-0.3, -0.25) is 0 Å². The van der Waals surface area contributed by atoms with E-state index in [9.17, 15) is 5.11 Å². The highest BCUT2D eigenvalue weighted by Crippen LogP contribution is 2.24. The third-order valence-electron chi connectivity index (χ3n) is 2.03. The first-order chi connectivity index (χ1) is 4.81. The highest BCUT2D eigenvalue weighted by molar-refractivity contribution is 4.87. The van der Waals surface area contributed by atoms with Crippen LogP contribution >= 0.6 is 0 Å². The Balaban J connectivity index is 4.00. The standard InChI is InChI=1S/C8H18O3/c1-7(2,10)8(3,4)11-6-5-9/h9-10H,5-6H2,1-4H3. The van der Waals surface area contributed by atoms with Crippen LogP contribution in [0.5, 0.6) is 0 Å². The van der Waals surface area contributed by atoms with Crippen molar-refractivity contribution in [1.82, 2.24) is 0 Å². The van der Waals surface area contributed by atoms with E-state index in [4.69, 9.17) is 9.84 Å². The van der Waals surface area contributed by atoms with Gasteiger partial charge in [0, 0.05) is 0 Å². The van der Waals surface area contributed by atoms with Crippen LogP contribution in [0, 0.1) is 0 Å². The van der Waals surface area contributed by atoms with Crippen LogP contribution in [-0.4, -0.2) is 34.6 Å². The molecule has 0 atom stereocenters. The van der Waals surface area contributed by atoms with E-state index in [2.05, 4.69) is 0 Å². The van der Waals surface area contributed by atoms with Crippen LogP contribution in [0.1, 0.15) is 27.7 Å². The molecule has 0 aromatic heterocycles. The van der Waals surface area contributed by atoms with Crippen LogP contribution in [0.2, 0.25) is 0 Å². The third kappa shape index (κ3) is 3.18. The second-order valence-electron chi connectivity index (χ2n) is 3.64. The molecule has 0 fully saturated rings. The minimum atomic E-state index is -0.887. The quantitative estimate of drug-likeness (QED) is 0.634. The predicted octanol–water partition coefficient (Wildman–Crippen LogP) is 0.545. The lowest BCUT2D eigenvalue weighted by Gasteiger charge is -2.36. The molecule has 68 valence electrons. The van der Waals surface area contributed by atoms with Crippen molar-refractivity contribution in [2.24, 2.45) is 0 Å². The van der Waals surface area contributed by atoms with E-state index in [1.165, 1.54) is 0 Å². The highest BCUT2D eigenvalue weighted by atomic mass is 16.5. The van der Waals surface area contributed by atoms with Crippen LogP contribution in [0.4, 0.5) is 0 Å². The zero-order valence-corrected chi connectivity index (χ0v) is 7.72. The topological polar surface area (TPSA) is 49.7 Å². The lowest BCUT2D eigenvalue weighted by Crippen LogP contribution is -2.47. The Hall–Kier alpha value is -0.120. The van der Waals surface area contributed by atoms with Gasteiger partial charge in [-0.05, 0) is 27.7 Å². The molecule has 0 aliphatic rings. The molecule has 0 heterocycles. The van der Waals surface area contributed by atoms with Crippen molar-refractivity contribution in [3.8, 4) is 0 Å². The second-order valence-corrected chi connectivity index (χ2v) is 3.64. The molecule has 0 saturated carbocycles. The zero-order valence-electron chi connectivity index (χ0n) is 7.72. The number of hydrogen-bond donors (Lipinski definition) is 2. The van der Waals surface area contributed by atoms with Crippen LogP contribution in [0.3, 0.4) is 0 Å². The fourth-order valence-electron chi connectivity index (χ4n) is 0.477. The van der Waals surface area contributed by atoms with Crippen molar-refractivity contribution in [3.63, 3.8) is 0 Å². The Morgan fingerprint density at radius 1 is 1.18 bits per heavy atom. The van der Waals surface area contributed by atoms with Crippen molar-refractivity contribution < 1.29 is 14.9 Å². The molecule has 0 aliphatic heterocycles. The summed E-state index contributed by atoms with van der Waals surface area (Å²) in [5.41, 5.74) is -1.50. The number of hydrogen-bond acceptors (Lipinski definition) is 3. The molecule has 0 radical (unpaired) electrons. The lowest BCUT2D eigenvalue weighted by molar-refractivity contribution is -0.151. The summed E-state index contributed by atoms with van der Waals surface area (Å²) < 4.78 is 5.24. The maximum Gasteiger partial charge on any atom is 0.0907 e. The highest BCUT2D eigenvalue weighted by Gasteiger charge is 2.35. The van der Waals surface area contributed by atoms with Crippen LogP contribution in [0.15, 0.2) is 0 Å². The van der Waals surface area contributed by atoms with Gasteiger partial charge in [-0.15, -0.1) is 0 Å². The first-order valence-electron chi connectivity index (χ1n) is 3.78.